The summed E-state index contributed by atoms with van der Waals surface area (Å²) in [5.74, 6) is -0.881. The zero-order chi connectivity index (χ0) is 14.4. The first-order valence-electron chi connectivity index (χ1n) is 6.77. The summed E-state index contributed by atoms with van der Waals surface area (Å²) in [4.78, 5) is 16.6. The van der Waals surface area contributed by atoms with Crippen molar-refractivity contribution in [2.24, 2.45) is 0 Å². The van der Waals surface area contributed by atoms with E-state index in [2.05, 4.69) is 12.4 Å². The van der Waals surface area contributed by atoms with E-state index in [4.69, 9.17) is 4.84 Å². The molecule has 0 bridgehead atoms. The molecular weight excluding hydrogens is 242 g/mol. The van der Waals surface area contributed by atoms with Crippen molar-refractivity contribution < 1.29 is 14.7 Å². The van der Waals surface area contributed by atoms with Gasteiger partial charge in [0.05, 0.1) is 17.9 Å². The molecular formula is C15H23NO3. The molecule has 4 nitrogen and oxygen atoms in total. The van der Waals surface area contributed by atoms with E-state index >= 15 is 0 Å². The summed E-state index contributed by atoms with van der Waals surface area (Å²) in [6, 6.07) is 1.73. The number of hydrogen-bond donors (Lipinski definition) is 2. The summed E-state index contributed by atoms with van der Waals surface area (Å²) in [7, 11) is 0. The Labute approximate surface area is 114 Å². The number of rotatable bonds is 7. The number of carboxylic acids is 1. The van der Waals surface area contributed by atoms with Crippen molar-refractivity contribution in [3.05, 3.63) is 28.3 Å². The maximum Gasteiger partial charge on any atom is 0.335 e. The first kappa shape index (κ1) is 15.5. The van der Waals surface area contributed by atoms with E-state index in [0.717, 1.165) is 41.6 Å². The van der Waals surface area contributed by atoms with Crippen LogP contribution in [-0.4, -0.2) is 17.7 Å². The average molecular weight is 265 g/mol. The second-order valence-corrected chi connectivity index (χ2v) is 4.67. The van der Waals surface area contributed by atoms with Crippen molar-refractivity contribution in [1.29, 1.82) is 0 Å². The van der Waals surface area contributed by atoms with Crippen LogP contribution in [0.5, 0.6) is 0 Å². The third kappa shape index (κ3) is 3.70. The highest BCUT2D eigenvalue weighted by Crippen LogP contribution is 2.27. The maximum absolute atomic E-state index is 11.2. The van der Waals surface area contributed by atoms with Gasteiger partial charge in [-0.2, -0.15) is 0 Å². The van der Waals surface area contributed by atoms with Gasteiger partial charge in [0.25, 0.3) is 0 Å². The molecule has 4 heteroatoms. The standard InChI is InChI=1S/C15H23NO3/c1-5-7-8-19-16-14-11(4)10(3)13(15(17)18)9-12(14)6-2/h9,16H,5-8H2,1-4H3,(H,17,18). The lowest BCUT2D eigenvalue weighted by Crippen LogP contribution is -2.10. The fourth-order valence-electron chi connectivity index (χ4n) is 1.97. The van der Waals surface area contributed by atoms with Gasteiger partial charge in [0.2, 0.25) is 0 Å². The van der Waals surface area contributed by atoms with Crippen LogP contribution in [0, 0.1) is 13.8 Å². The van der Waals surface area contributed by atoms with Gasteiger partial charge in [-0.15, -0.1) is 0 Å². The molecule has 106 valence electrons. The van der Waals surface area contributed by atoms with Crippen LogP contribution in [0.2, 0.25) is 0 Å². The number of carbonyl (C=O) groups is 1. The Morgan fingerprint density at radius 2 is 2.00 bits per heavy atom. The fourth-order valence-corrected chi connectivity index (χ4v) is 1.97. The first-order chi connectivity index (χ1) is 9.02. The fraction of sp³-hybridized carbons (Fsp3) is 0.533. The average Bonchev–Trinajstić information content (AvgIpc) is 2.38. The van der Waals surface area contributed by atoms with Crippen LogP contribution in [0.15, 0.2) is 6.07 Å². The van der Waals surface area contributed by atoms with Crippen LogP contribution < -0.4 is 5.48 Å². The van der Waals surface area contributed by atoms with Crippen molar-refractivity contribution in [2.45, 2.75) is 47.0 Å². The normalized spacial score (nSPS) is 10.5. The zero-order valence-corrected chi connectivity index (χ0v) is 12.2. The monoisotopic (exact) mass is 265 g/mol. The third-order valence-electron chi connectivity index (χ3n) is 3.37. The third-order valence-corrected chi connectivity index (χ3v) is 3.37. The highest BCUT2D eigenvalue weighted by Gasteiger charge is 2.15. The number of unbranched alkanes of at least 4 members (excludes halogenated alkanes) is 1. The lowest BCUT2D eigenvalue weighted by atomic mass is 9.96. The molecule has 0 aromatic heterocycles. The molecule has 0 fully saturated rings. The van der Waals surface area contributed by atoms with E-state index in [-0.39, 0.29) is 0 Å². The maximum atomic E-state index is 11.2. The van der Waals surface area contributed by atoms with Crippen LogP contribution in [-0.2, 0) is 11.3 Å². The molecule has 1 aromatic carbocycles. The number of hydrogen-bond acceptors (Lipinski definition) is 3. The quantitative estimate of drug-likeness (QED) is 0.583. The molecule has 0 spiro atoms. The van der Waals surface area contributed by atoms with Gasteiger partial charge in [-0.05, 0) is 49.4 Å². The molecule has 0 aliphatic rings. The summed E-state index contributed by atoms with van der Waals surface area (Å²) in [5.41, 5.74) is 6.95. The predicted octanol–water partition coefficient (Wildman–Crippen LogP) is 3.71. The van der Waals surface area contributed by atoms with Gasteiger partial charge >= 0.3 is 5.97 Å². The Balaban J connectivity index is 3.03. The van der Waals surface area contributed by atoms with Crippen molar-refractivity contribution >= 4 is 11.7 Å². The smallest absolute Gasteiger partial charge is 0.335 e. The number of nitrogens with one attached hydrogen (secondary N) is 1. The number of aromatic carboxylic acids is 1. The molecule has 19 heavy (non-hydrogen) atoms. The van der Waals surface area contributed by atoms with Crippen molar-refractivity contribution in [3.63, 3.8) is 0 Å². The lowest BCUT2D eigenvalue weighted by Gasteiger charge is -2.17. The molecule has 1 rings (SSSR count). The number of anilines is 1. The summed E-state index contributed by atoms with van der Waals surface area (Å²) in [6.45, 7) is 8.52. The Morgan fingerprint density at radius 3 is 2.53 bits per heavy atom. The molecule has 0 saturated carbocycles. The van der Waals surface area contributed by atoms with E-state index in [0.29, 0.717) is 12.2 Å². The first-order valence-corrected chi connectivity index (χ1v) is 6.77. The van der Waals surface area contributed by atoms with Crippen LogP contribution in [0.1, 0.15) is 53.7 Å². The molecule has 0 aliphatic heterocycles. The summed E-state index contributed by atoms with van der Waals surface area (Å²) in [5, 5.41) is 9.20. The SMILES string of the molecule is CCCCONc1c(CC)cc(C(=O)O)c(C)c1C. The van der Waals surface area contributed by atoms with Gasteiger partial charge in [-0.25, -0.2) is 4.79 Å². The van der Waals surface area contributed by atoms with Gasteiger partial charge in [0, 0.05) is 0 Å². The van der Waals surface area contributed by atoms with E-state index in [1.165, 1.54) is 0 Å². The minimum Gasteiger partial charge on any atom is -0.478 e. The molecule has 0 atom stereocenters. The summed E-state index contributed by atoms with van der Waals surface area (Å²) in [6.07, 6.45) is 2.85. The van der Waals surface area contributed by atoms with Gasteiger partial charge in [-0.3, -0.25) is 10.3 Å². The van der Waals surface area contributed by atoms with E-state index < -0.39 is 5.97 Å². The molecule has 0 amide bonds. The second-order valence-electron chi connectivity index (χ2n) is 4.67. The van der Waals surface area contributed by atoms with Crippen molar-refractivity contribution in [1.82, 2.24) is 0 Å². The Kier molecular flexibility index (Phi) is 5.83. The van der Waals surface area contributed by atoms with E-state index in [1.807, 2.05) is 20.8 Å². The molecule has 0 radical (unpaired) electrons. The Bertz CT molecular complexity index is 455. The number of carboxylic acid groups (broad SMARTS) is 1. The summed E-state index contributed by atoms with van der Waals surface area (Å²) < 4.78 is 0. The predicted molar refractivity (Wildman–Crippen MR) is 76.7 cm³/mol. The molecule has 1 aromatic rings. The molecule has 0 aliphatic carbocycles. The van der Waals surface area contributed by atoms with Crippen LogP contribution in [0.3, 0.4) is 0 Å². The largest absolute Gasteiger partial charge is 0.478 e. The summed E-state index contributed by atoms with van der Waals surface area (Å²) >= 11 is 0. The van der Waals surface area contributed by atoms with Crippen LogP contribution in [0.25, 0.3) is 0 Å². The molecule has 2 N–H and O–H groups in total. The van der Waals surface area contributed by atoms with E-state index in [1.54, 1.807) is 6.07 Å². The topological polar surface area (TPSA) is 58.6 Å². The van der Waals surface area contributed by atoms with Crippen LogP contribution in [0.4, 0.5) is 5.69 Å². The van der Waals surface area contributed by atoms with Crippen molar-refractivity contribution in [3.8, 4) is 0 Å². The van der Waals surface area contributed by atoms with Gasteiger partial charge < -0.3 is 5.11 Å². The van der Waals surface area contributed by atoms with Gasteiger partial charge in [0.15, 0.2) is 0 Å². The lowest BCUT2D eigenvalue weighted by molar-refractivity contribution is 0.0696. The minimum atomic E-state index is -0.881. The van der Waals surface area contributed by atoms with Crippen molar-refractivity contribution in [2.75, 3.05) is 12.1 Å². The highest BCUT2D eigenvalue weighted by atomic mass is 16.6. The number of aryl methyl sites for hydroxylation is 1. The molecule has 0 unspecified atom stereocenters. The molecule has 0 saturated heterocycles. The Morgan fingerprint density at radius 1 is 1.32 bits per heavy atom. The minimum absolute atomic E-state index is 0.369. The Hall–Kier alpha value is -1.55. The van der Waals surface area contributed by atoms with E-state index in [9.17, 15) is 9.90 Å². The van der Waals surface area contributed by atoms with Crippen LogP contribution >= 0.6 is 0 Å². The highest BCUT2D eigenvalue weighted by molar-refractivity contribution is 5.91. The van der Waals surface area contributed by atoms with Gasteiger partial charge in [-0.1, -0.05) is 20.3 Å². The van der Waals surface area contributed by atoms with Gasteiger partial charge in [0.1, 0.15) is 0 Å². The number of benzene rings is 1. The molecule has 0 heterocycles. The second kappa shape index (κ2) is 7.14. The zero-order valence-electron chi connectivity index (χ0n) is 12.2.